The summed E-state index contributed by atoms with van der Waals surface area (Å²) in [5.41, 5.74) is 1.41. The summed E-state index contributed by atoms with van der Waals surface area (Å²) in [7, 11) is -3.85. The number of ether oxygens (including phenoxy) is 1. The van der Waals surface area contributed by atoms with Crippen LogP contribution < -0.4 is 5.14 Å². The van der Waals surface area contributed by atoms with Crippen LogP contribution in [0, 0.1) is 13.8 Å². The highest BCUT2D eigenvalue weighted by Crippen LogP contribution is 2.20. The first-order chi connectivity index (χ1) is 8.12. The molecule has 0 saturated carbocycles. The van der Waals surface area contributed by atoms with Crippen molar-refractivity contribution < 1.29 is 17.9 Å². The second kappa shape index (κ2) is 5.07. The summed E-state index contributed by atoms with van der Waals surface area (Å²) in [4.78, 5) is 11.7. The van der Waals surface area contributed by atoms with E-state index in [-0.39, 0.29) is 16.6 Å². The Morgan fingerprint density at radius 3 is 2.28 bits per heavy atom. The van der Waals surface area contributed by atoms with E-state index in [1.807, 2.05) is 0 Å². The lowest BCUT2D eigenvalue weighted by Gasteiger charge is -2.12. The summed E-state index contributed by atoms with van der Waals surface area (Å²) in [6.07, 6.45) is -0.267. The predicted octanol–water partition coefficient (Wildman–Crippen LogP) is 1.52. The maximum atomic E-state index is 11.7. The van der Waals surface area contributed by atoms with Gasteiger partial charge in [-0.15, -0.1) is 0 Å². The Balaban J connectivity index is 3.34. The monoisotopic (exact) mass is 271 g/mol. The molecule has 1 rings (SSSR count). The van der Waals surface area contributed by atoms with Crippen molar-refractivity contribution in [2.45, 2.75) is 38.7 Å². The molecule has 0 amide bonds. The Hall–Kier alpha value is -1.40. The number of rotatable bonds is 3. The smallest absolute Gasteiger partial charge is 0.338 e. The molecule has 0 aliphatic rings. The fourth-order valence-electron chi connectivity index (χ4n) is 1.52. The van der Waals surface area contributed by atoms with Gasteiger partial charge in [-0.1, -0.05) is 0 Å². The number of esters is 1. The summed E-state index contributed by atoms with van der Waals surface area (Å²) < 4.78 is 27.9. The van der Waals surface area contributed by atoms with Gasteiger partial charge in [0.1, 0.15) is 0 Å². The number of hydrogen-bond acceptors (Lipinski definition) is 4. The molecule has 0 atom stereocenters. The Morgan fingerprint density at radius 1 is 1.28 bits per heavy atom. The number of nitrogens with two attached hydrogens (primary N) is 1. The average molecular weight is 271 g/mol. The van der Waals surface area contributed by atoms with Crippen LogP contribution in [0.5, 0.6) is 0 Å². The molecule has 0 aromatic heterocycles. The van der Waals surface area contributed by atoms with Crippen molar-refractivity contribution in [2.24, 2.45) is 5.14 Å². The first-order valence-electron chi connectivity index (χ1n) is 5.48. The topological polar surface area (TPSA) is 86.5 Å². The van der Waals surface area contributed by atoms with Crippen LogP contribution in [0.3, 0.4) is 0 Å². The van der Waals surface area contributed by atoms with Gasteiger partial charge < -0.3 is 4.74 Å². The number of carbonyl (C=O) groups excluding carboxylic acids is 1. The maximum absolute atomic E-state index is 11.7. The minimum absolute atomic E-state index is 0.0433. The van der Waals surface area contributed by atoms with E-state index in [1.165, 1.54) is 6.07 Å². The van der Waals surface area contributed by atoms with Gasteiger partial charge in [-0.05, 0) is 51.0 Å². The molecule has 6 heteroatoms. The van der Waals surface area contributed by atoms with Crippen LogP contribution in [0.1, 0.15) is 35.3 Å². The molecule has 100 valence electrons. The molecule has 5 nitrogen and oxygen atoms in total. The van der Waals surface area contributed by atoms with Crippen molar-refractivity contribution in [3.63, 3.8) is 0 Å². The molecule has 0 aliphatic heterocycles. The third-order valence-electron chi connectivity index (χ3n) is 2.50. The number of benzene rings is 1. The molecule has 0 unspecified atom stereocenters. The minimum Gasteiger partial charge on any atom is -0.459 e. The normalized spacial score (nSPS) is 11.7. The van der Waals surface area contributed by atoms with Gasteiger partial charge in [-0.3, -0.25) is 0 Å². The highest BCUT2D eigenvalue weighted by atomic mass is 32.2. The van der Waals surface area contributed by atoms with Crippen molar-refractivity contribution in [3.8, 4) is 0 Å². The molecule has 1 aromatic carbocycles. The van der Waals surface area contributed by atoms with Crippen LogP contribution in [0.15, 0.2) is 17.0 Å². The molecule has 0 fully saturated rings. The van der Waals surface area contributed by atoms with Gasteiger partial charge in [0.25, 0.3) is 0 Å². The van der Waals surface area contributed by atoms with E-state index in [1.54, 1.807) is 33.8 Å². The first-order valence-corrected chi connectivity index (χ1v) is 7.02. The molecule has 18 heavy (non-hydrogen) atoms. The Bertz CT molecular complexity index is 576. The van der Waals surface area contributed by atoms with E-state index in [0.29, 0.717) is 11.1 Å². The standard InChI is InChI=1S/C12H17NO4S/c1-7(2)17-12(14)10-5-8(3)9(4)11(6-10)18(13,15)16/h5-7H,1-4H3,(H2,13,15,16). The molecule has 0 spiro atoms. The summed E-state index contributed by atoms with van der Waals surface area (Å²) in [6.45, 7) is 6.81. The Morgan fingerprint density at radius 2 is 1.83 bits per heavy atom. The van der Waals surface area contributed by atoms with Crippen molar-refractivity contribution in [3.05, 3.63) is 28.8 Å². The van der Waals surface area contributed by atoms with Crippen LogP contribution in [-0.2, 0) is 14.8 Å². The quantitative estimate of drug-likeness (QED) is 0.844. The molecule has 0 heterocycles. The van der Waals surface area contributed by atoms with Crippen molar-refractivity contribution >= 4 is 16.0 Å². The van der Waals surface area contributed by atoms with Crippen LogP contribution in [0.2, 0.25) is 0 Å². The average Bonchev–Trinajstić information content (AvgIpc) is 2.18. The highest BCUT2D eigenvalue weighted by Gasteiger charge is 2.18. The lowest BCUT2D eigenvalue weighted by Crippen LogP contribution is -2.17. The van der Waals surface area contributed by atoms with E-state index in [4.69, 9.17) is 9.88 Å². The van der Waals surface area contributed by atoms with Crippen LogP contribution >= 0.6 is 0 Å². The molecule has 1 aromatic rings. The summed E-state index contributed by atoms with van der Waals surface area (Å²) in [5, 5.41) is 5.12. The van der Waals surface area contributed by atoms with Crippen LogP contribution in [-0.4, -0.2) is 20.5 Å². The molecule has 0 saturated heterocycles. The van der Waals surface area contributed by atoms with Gasteiger partial charge in [0.2, 0.25) is 10.0 Å². The lowest BCUT2D eigenvalue weighted by molar-refractivity contribution is 0.0377. The second-order valence-corrected chi connectivity index (χ2v) is 5.95. The summed E-state index contributed by atoms with van der Waals surface area (Å²) >= 11 is 0. The third-order valence-corrected chi connectivity index (χ3v) is 3.54. The van der Waals surface area contributed by atoms with Gasteiger partial charge >= 0.3 is 5.97 Å². The second-order valence-electron chi connectivity index (χ2n) is 4.42. The summed E-state index contributed by atoms with van der Waals surface area (Å²) in [5.74, 6) is -0.557. The molecular weight excluding hydrogens is 254 g/mol. The van der Waals surface area contributed by atoms with Crippen LogP contribution in [0.25, 0.3) is 0 Å². The zero-order valence-electron chi connectivity index (χ0n) is 10.9. The molecule has 2 N–H and O–H groups in total. The minimum atomic E-state index is -3.85. The molecule has 0 radical (unpaired) electrons. The Labute approximate surface area is 107 Å². The molecule has 0 bridgehead atoms. The number of carbonyl (C=O) groups is 1. The van der Waals surface area contributed by atoms with E-state index in [0.717, 1.165) is 0 Å². The first kappa shape index (κ1) is 14.7. The van der Waals surface area contributed by atoms with Crippen molar-refractivity contribution in [1.82, 2.24) is 0 Å². The number of aryl methyl sites for hydroxylation is 1. The fraction of sp³-hybridized carbons (Fsp3) is 0.417. The van der Waals surface area contributed by atoms with Gasteiger partial charge in [0.05, 0.1) is 16.6 Å². The lowest BCUT2D eigenvalue weighted by atomic mass is 10.1. The van der Waals surface area contributed by atoms with Crippen LogP contribution in [0.4, 0.5) is 0 Å². The zero-order valence-corrected chi connectivity index (χ0v) is 11.7. The van der Waals surface area contributed by atoms with E-state index < -0.39 is 16.0 Å². The highest BCUT2D eigenvalue weighted by molar-refractivity contribution is 7.89. The third kappa shape index (κ3) is 3.30. The molecule has 0 aliphatic carbocycles. The number of hydrogen-bond donors (Lipinski definition) is 1. The Kier molecular flexibility index (Phi) is 4.13. The van der Waals surface area contributed by atoms with Gasteiger partial charge in [0, 0.05) is 0 Å². The summed E-state index contributed by atoms with van der Waals surface area (Å²) in [6, 6.07) is 2.84. The van der Waals surface area contributed by atoms with Crippen molar-refractivity contribution in [2.75, 3.05) is 0 Å². The SMILES string of the molecule is Cc1cc(C(=O)OC(C)C)cc(S(N)(=O)=O)c1C. The molecular formula is C12H17NO4S. The van der Waals surface area contributed by atoms with E-state index in [2.05, 4.69) is 0 Å². The number of sulfonamides is 1. The van der Waals surface area contributed by atoms with Gasteiger partial charge in [-0.25, -0.2) is 18.4 Å². The number of primary sulfonamides is 1. The zero-order chi connectivity index (χ0) is 14.1. The van der Waals surface area contributed by atoms with E-state index in [9.17, 15) is 13.2 Å². The van der Waals surface area contributed by atoms with Crippen molar-refractivity contribution in [1.29, 1.82) is 0 Å². The van der Waals surface area contributed by atoms with Gasteiger partial charge in [-0.2, -0.15) is 0 Å². The maximum Gasteiger partial charge on any atom is 0.338 e. The fourth-order valence-corrected chi connectivity index (χ4v) is 2.40. The predicted molar refractivity (Wildman–Crippen MR) is 67.8 cm³/mol. The van der Waals surface area contributed by atoms with E-state index >= 15 is 0 Å². The largest absolute Gasteiger partial charge is 0.459 e. The van der Waals surface area contributed by atoms with Gasteiger partial charge in [0.15, 0.2) is 0 Å².